The van der Waals surface area contributed by atoms with Gasteiger partial charge in [0.15, 0.2) is 0 Å². The van der Waals surface area contributed by atoms with Gasteiger partial charge in [-0.2, -0.15) is 0 Å². The lowest BCUT2D eigenvalue weighted by atomic mass is 10.0. The lowest BCUT2D eigenvalue weighted by molar-refractivity contribution is -0.383. The quantitative estimate of drug-likeness (QED) is 0.257. The van der Waals surface area contributed by atoms with Crippen molar-refractivity contribution >= 4 is 62.9 Å². The van der Waals surface area contributed by atoms with Crippen LogP contribution in [0.2, 0.25) is 10.0 Å². The number of carbonyl (C=O) groups excluding carboxylic acids is 1. The van der Waals surface area contributed by atoms with E-state index in [9.17, 15) is 14.9 Å². The molecule has 3 aromatic carbocycles. The molecule has 0 saturated carbocycles. The van der Waals surface area contributed by atoms with Crippen molar-refractivity contribution in [3.63, 3.8) is 0 Å². The summed E-state index contributed by atoms with van der Waals surface area (Å²) >= 11 is 11.9. The van der Waals surface area contributed by atoms with Crippen LogP contribution in [-0.2, 0) is 0 Å². The molecule has 1 amide bonds. The van der Waals surface area contributed by atoms with E-state index in [-0.39, 0.29) is 16.7 Å². The number of hydrogen-bond acceptors (Lipinski definition) is 7. The van der Waals surface area contributed by atoms with Crippen LogP contribution in [0.4, 0.5) is 23.0 Å². The summed E-state index contributed by atoms with van der Waals surface area (Å²) in [6.45, 7) is 0. The van der Waals surface area contributed by atoms with Crippen molar-refractivity contribution in [2.24, 2.45) is 0 Å². The topological polar surface area (TPSA) is 122 Å². The first kappa shape index (κ1) is 21.3. The first-order chi connectivity index (χ1) is 15.4. The summed E-state index contributed by atoms with van der Waals surface area (Å²) in [5.74, 6) is -0.764. The summed E-state index contributed by atoms with van der Waals surface area (Å²) < 4.78 is 0. The minimum absolute atomic E-state index is 0.0923. The van der Waals surface area contributed by atoms with Crippen LogP contribution in [0, 0.1) is 10.1 Å². The molecule has 160 valence electrons. The number of hydrazine groups is 1. The minimum Gasteiger partial charge on any atom is -0.334 e. The van der Waals surface area contributed by atoms with Crippen LogP contribution in [0.25, 0.3) is 10.8 Å². The molecule has 0 unspecified atom stereocenters. The van der Waals surface area contributed by atoms with Crippen LogP contribution in [0.3, 0.4) is 0 Å². The Morgan fingerprint density at radius 2 is 1.69 bits per heavy atom. The second kappa shape index (κ2) is 9.04. The van der Waals surface area contributed by atoms with Gasteiger partial charge in [-0.25, -0.2) is 9.97 Å². The number of nitrogens with one attached hydrogen (secondary N) is 3. The standard InChI is InChI=1S/C21H14Cl2N6O3/c22-16-9-8-13(10-17(16)23)26-19-18(29(31)32)20(25-11-24-19)27-28-21(30)15-7-3-5-12-4-1-2-6-14(12)15/h1-11H,(H,28,30)(H2,24,25,26,27). The summed E-state index contributed by atoms with van der Waals surface area (Å²) in [6.07, 6.45) is 1.12. The third-order valence-electron chi connectivity index (χ3n) is 4.52. The van der Waals surface area contributed by atoms with E-state index in [0.717, 1.165) is 17.1 Å². The molecule has 11 heteroatoms. The fraction of sp³-hybridized carbons (Fsp3) is 0. The summed E-state index contributed by atoms with van der Waals surface area (Å²) in [6, 6.07) is 17.3. The van der Waals surface area contributed by atoms with E-state index in [4.69, 9.17) is 23.2 Å². The van der Waals surface area contributed by atoms with Crippen molar-refractivity contribution in [1.82, 2.24) is 15.4 Å². The van der Waals surface area contributed by atoms with Crippen molar-refractivity contribution in [3.8, 4) is 0 Å². The first-order valence-electron chi connectivity index (χ1n) is 9.19. The second-order valence-corrected chi connectivity index (χ2v) is 7.35. The number of carbonyl (C=O) groups is 1. The van der Waals surface area contributed by atoms with Gasteiger partial charge in [-0.15, -0.1) is 0 Å². The lowest BCUT2D eigenvalue weighted by Crippen LogP contribution is -2.30. The highest BCUT2D eigenvalue weighted by Crippen LogP contribution is 2.32. The largest absolute Gasteiger partial charge is 0.355 e. The van der Waals surface area contributed by atoms with Gasteiger partial charge in [0.1, 0.15) is 6.33 Å². The summed E-state index contributed by atoms with van der Waals surface area (Å²) in [5, 5.41) is 16.8. The van der Waals surface area contributed by atoms with E-state index < -0.39 is 16.5 Å². The Morgan fingerprint density at radius 1 is 0.938 bits per heavy atom. The van der Waals surface area contributed by atoms with Crippen molar-refractivity contribution in [2.75, 3.05) is 10.7 Å². The van der Waals surface area contributed by atoms with Crippen molar-refractivity contribution < 1.29 is 9.72 Å². The molecule has 9 nitrogen and oxygen atoms in total. The maximum absolute atomic E-state index is 12.7. The number of rotatable bonds is 6. The predicted molar refractivity (Wildman–Crippen MR) is 123 cm³/mol. The maximum Gasteiger partial charge on any atom is 0.355 e. The van der Waals surface area contributed by atoms with Crippen LogP contribution in [0.5, 0.6) is 0 Å². The van der Waals surface area contributed by atoms with E-state index in [2.05, 4.69) is 26.1 Å². The van der Waals surface area contributed by atoms with Crippen molar-refractivity contribution in [3.05, 3.63) is 92.7 Å². The maximum atomic E-state index is 12.7. The number of amides is 1. The van der Waals surface area contributed by atoms with Crippen LogP contribution >= 0.6 is 23.2 Å². The zero-order valence-electron chi connectivity index (χ0n) is 16.2. The Bertz CT molecular complexity index is 1340. The van der Waals surface area contributed by atoms with Gasteiger partial charge < -0.3 is 5.32 Å². The van der Waals surface area contributed by atoms with Crippen molar-refractivity contribution in [2.45, 2.75) is 0 Å². The first-order valence-corrected chi connectivity index (χ1v) is 9.95. The average Bonchev–Trinajstić information content (AvgIpc) is 2.79. The number of benzene rings is 3. The van der Waals surface area contributed by atoms with Crippen LogP contribution in [0.1, 0.15) is 10.4 Å². The zero-order valence-corrected chi connectivity index (χ0v) is 17.7. The normalized spacial score (nSPS) is 10.6. The van der Waals surface area contributed by atoms with Gasteiger partial charge in [-0.1, -0.05) is 59.6 Å². The van der Waals surface area contributed by atoms with Gasteiger partial charge in [-0.3, -0.25) is 25.8 Å². The molecule has 0 fully saturated rings. The molecule has 0 aliphatic rings. The highest BCUT2D eigenvalue weighted by molar-refractivity contribution is 6.42. The molecule has 0 aliphatic carbocycles. The summed E-state index contributed by atoms with van der Waals surface area (Å²) in [5.41, 5.74) is 5.36. The summed E-state index contributed by atoms with van der Waals surface area (Å²) in [7, 11) is 0. The number of hydrogen-bond donors (Lipinski definition) is 3. The molecule has 0 radical (unpaired) electrons. The van der Waals surface area contributed by atoms with Gasteiger partial charge in [0.05, 0.1) is 15.0 Å². The van der Waals surface area contributed by atoms with E-state index in [1.165, 1.54) is 6.07 Å². The Balaban J connectivity index is 1.59. The molecule has 4 aromatic rings. The predicted octanol–water partition coefficient (Wildman–Crippen LogP) is 5.35. The van der Waals surface area contributed by atoms with E-state index >= 15 is 0 Å². The van der Waals surface area contributed by atoms with E-state index in [1.807, 2.05) is 30.3 Å². The fourth-order valence-corrected chi connectivity index (χ4v) is 3.35. The minimum atomic E-state index is -0.660. The molecule has 0 spiro atoms. The van der Waals surface area contributed by atoms with Crippen LogP contribution in [-0.4, -0.2) is 20.8 Å². The van der Waals surface area contributed by atoms with E-state index in [1.54, 1.807) is 24.3 Å². The second-order valence-electron chi connectivity index (χ2n) is 6.54. The van der Waals surface area contributed by atoms with Gasteiger partial charge in [0.2, 0.25) is 11.6 Å². The van der Waals surface area contributed by atoms with Crippen molar-refractivity contribution in [1.29, 1.82) is 0 Å². The molecule has 0 atom stereocenters. The molecule has 1 aromatic heterocycles. The van der Waals surface area contributed by atoms with Crippen LogP contribution in [0.15, 0.2) is 67.0 Å². The number of nitro groups is 1. The monoisotopic (exact) mass is 468 g/mol. The number of nitrogens with zero attached hydrogens (tertiary/aromatic N) is 3. The molecule has 0 aliphatic heterocycles. The third-order valence-corrected chi connectivity index (χ3v) is 5.25. The molecule has 0 saturated heterocycles. The molecule has 32 heavy (non-hydrogen) atoms. The van der Waals surface area contributed by atoms with Crippen LogP contribution < -0.4 is 16.2 Å². The van der Waals surface area contributed by atoms with Gasteiger partial charge in [0, 0.05) is 11.3 Å². The molecule has 0 bridgehead atoms. The average molecular weight is 469 g/mol. The lowest BCUT2D eigenvalue weighted by Gasteiger charge is -2.12. The van der Waals surface area contributed by atoms with Gasteiger partial charge >= 0.3 is 5.69 Å². The molecule has 1 heterocycles. The Morgan fingerprint density at radius 3 is 2.47 bits per heavy atom. The zero-order chi connectivity index (χ0) is 22.7. The number of halogens is 2. The molecule has 4 rings (SSSR count). The highest BCUT2D eigenvalue weighted by atomic mass is 35.5. The molecule has 3 N–H and O–H groups in total. The SMILES string of the molecule is O=C(NNc1ncnc(Nc2ccc(Cl)c(Cl)c2)c1[N+](=O)[O-])c1cccc2ccccc12. The summed E-state index contributed by atoms with van der Waals surface area (Å²) in [4.78, 5) is 31.6. The number of aromatic nitrogens is 2. The van der Waals surface area contributed by atoms with E-state index in [0.29, 0.717) is 16.3 Å². The Labute approximate surface area is 191 Å². The number of anilines is 3. The molecular weight excluding hydrogens is 455 g/mol. The third kappa shape index (κ3) is 4.39. The van der Waals surface area contributed by atoms with Gasteiger partial charge in [-0.05, 0) is 35.0 Å². The Hall–Kier alpha value is -3.95. The number of fused-ring (bicyclic) bond motifs is 1. The Kier molecular flexibility index (Phi) is 6.02. The smallest absolute Gasteiger partial charge is 0.334 e. The fourth-order valence-electron chi connectivity index (χ4n) is 3.05. The highest BCUT2D eigenvalue weighted by Gasteiger charge is 2.24. The molecular formula is C21H14Cl2N6O3. The van der Waals surface area contributed by atoms with Gasteiger partial charge in [0.25, 0.3) is 5.91 Å².